The Bertz CT molecular complexity index is 517. The van der Waals surface area contributed by atoms with Crippen molar-refractivity contribution in [1.82, 2.24) is 5.32 Å². The molecule has 98 valence electrons. The highest BCUT2D eigenvalue weighted by Gasteiger charge is 2.00. The molecule has 2 rings (SSSR count). The van der Waals surface area contributed by atoms with E-state index < -0.39 is 0 Å². The highest BCUT2D eigenvalue weighted by Crippen LogP contribution is 2.20. The van der Waals surface area contributed by atoms with E-state index in [1.54, 1.807) is 0 Å². The first-order chi connectivity index (χ1) is 9.31. The molecule has 0 fully saturated rings. The molecule has 0 aliphatic rings. The summed E-state index contributed by atoms with van der Waals surface area (Å²) in [5.41, 5.74) is 4.39. The molecule has 0 bridgehead atoms. The van der Waals surface area contributed by atoms with Crippen LogP contribution in [-0.4, -0.2) is 18.3 Å². The lowest BCUT2D eigenvalue weighted by Crippen LogP contribution is -2.13. The first kappa shape index (κ1) is 13.4. The molecular weight excluding hydrogens is 234 g/mol. The predicted octanol–water partition coefficient (Wildman–Crippen LogP) is 3.30. The van der Waals surface area contributed by atoms with E-state index in [9.17, 15) is 0 Å². The lowest BCUT2D eigenvalue weighted by molar-refractivity contribution is 0.289. The summed E-state index contributed by atoms with van der Waals surface area (Å²) >= 11 is 0. The van der Waals surface area contributed by atoms with E-state index in [-0.39, 0.29) is 6.61 Å². The van der Waals surface area contributed by atoms with E-state index in [1.807, 2.05) is 18.2 Å². The molecule has 0 aliphatic carbocycles. The van der Waals surface area contributed by atoms with Crippen molar-refractivity contribution in [2.24, 2.45) is 0 Å². The fourth-order valence-corrected chi connectivity index (χ4v) is 1.91. The van der Waals surface area contributed by atoms with Crippen molar-refractivity contribution in [3.63, 3.8) is 0 Å². The number of hydrogen-bond donors (Lipinski definition) is 2. The topological polar surface area (TPSA) is 32.3 Å². The van der Waals surface area contributed by atoms with E-state index in [2.05, 4.69) is 48.3 Å². The Kier molecular flexibility index (Phi) is 4.76. The highest BCUT2D eigenvalue weighted by atomic mass is 16.3. The maximum Gasteiger partial charge on any atom is 0.0447 e. The van der Waals surface area contributed by atoms with Crippen LogP contribution in [0.5, 0.6) is 0 Å². The molecule has 2 aromatic rings. The van der Waals surface area contributed by atoms with Crippen molar-refractivity contribution in [3.05, 3.63) is 66.7 Å². The summed E-state index contributed by atoms with van der Waals surface area (Å²) in [4.78, 5) is 0. The lowest BCUT2D eigenvalue weighted by atomic mass is 10.0. The zero-order chi connectivity index (χ0) is 13.5. The number of aliphatic hydroxyl groups is 1. The number of aliphatic hydroxyl groups excluding tert-OH is 1. The third kappa shape index (κ3) is 3.70. The average Bonchev–Trinajstić information content (AvgIpc) is 2.48. The summed E-state index contributed by atoms with van der Waals surface area (Å²) in [6.45, 7) is 4.95. The Morgan fingerprint density at radius 3 is 2.21 bits per heavy atom. The van der Waals surface area contributed by atoms with Gasteiger partial charge in [0.15, 0.2) is 0 Å². The van der Waals surface area contributed by atoms with Crippen LogP contribution < -0.4 is 5.32 Å². The van der Waals surface area contributed by atoms with Gasteiger partial charge in [0.25, 0.3) is 0 Å². The number of hydrogen-bond acceptors (Lipinski definition) is 2. The Labute approximate surface area is 114 Å². The van der Waals surface area contributed by atoms with Crippen molar-refractivity contribution in [1.29, 1.82) is 0 Å². The van der Waals surface area contributed by atoms with Crippen molar-refractivity contribution < 1.29 is 5.11 Å². The van der Waals surface area contributed by atoms with Crippen molar-refractivity contribution >= 4 is 5.70 Å². The zero-order valence-corrected chi connectivity index (χ0v) is 11.0. The van der Waals surface area contributed by atoms with Gasteiger partial charge in [0.2, 0.25) is 0 Å². The Morgan fingerprint density at radius 2 is 1.58 bits per heavy atom. The summed E-state index contributed by atoms with van der Waals surface area (Å²) in [6, 6.07) is 18.6. The van der Waals surface area contributed by atoms with E-state index in [1.165, 1.54) is 11.1 Å². The lowest BCUT2D eigenvalue weighted by Gasteiger charge is -2.10. The summed E-state index contributed by atoms with van der Waals surface area (Å²) in [7, 11) is 0. The van der Waals surface area contributed by atoms with Gasteiger partial charge in [-0.05, 0) is 23.1 Å². The van der Waals surface area contributed by atoms with Gasteiger partial charge in [0, 0.05) is 18.8 Å². The molecule has 2 heteroatoms. The van der Waals surface area contributed by atoms with Gasteiger partial charge < -0.3 is 10.4 Å². The number of nitrogens with one attached hydrogen (secondary N) is 1. The van der Waals surface area contributed by atoms with Gasteiger partial charge in [-0.1, -0.05) is 61.2 Å². The molecule has 2 nitrogen and oxygen atoms in total. The molecule has 2 aromatic carbocycles. The normalized spacial score (nSPS) is 10.2. The Hall–Kier alpha value is -2.06. The summed E-state index contributed by atoms with van der Waals surface area (Å²) in [5, 5.41) is 11.9. The van der Waals surface area contributed by atoms with Gasteiger partial charge in [0.05, 0.1) is 0 Å². The molecule has 0 heterocycles. The molecule has 0 aliphatic heterocycles. The Balaban J connectivity index is 2.04. The molecule has 0 saturated carbocycles. The molecule has 0 amide bonds. The Morgan fingerprint density at radius 1 is 0.947 bits per heavy atom. The second-order valence-corrected chi connectivity index (χ2v) is 4.43. The van der Waals surface area contributed by atoms with Gasteiger partial charge in [-0.2, -0.15) is 0 Å². The number of rotatable bonds is 6. The van der Waals surface area contributed by atoms with Crippen LogP contribution in [0.3, 0.4) is 0 Å². The predicted molar refractivity (Wildman–Crippen MR) is 80.6 cm³/mol. The van der Waals surface area contributed by atoms with Crippen LogP contribution in [0.4, 0.5) is 0 Å². The molecule has 19 heavy (non-hydrogen) atoms. The molecule has 0 atom stereocenters. The van der Waals surface area contributed by atoms with Gasteiger partial charge >= 0.3 is 0 Å². The molecule has 0 aromatic heterocycles. The maximum atomic E-state index is 8.74. The highest BCUT2D eigenvalue weighted by molar-refractivity contribution is 5.68. The molecule has 0 saturated heterocycles. The van der Waals surface area contributed by atoms with E-state index >= 15 is 0 Å². The summed E-state index contributed by atoms with van der Waals surface area (Å²) < 4.78 is 0. The summed E-state index contributed by atoms with van der Waals surface area (Å²) in [6.07, 6.45) is 0.737. The second kappa shape index (κ2) is 6.76. The fraction of sp³-hybridized carbons (Fsp3) is 0.176. The average molecular weight is 253 g/mol. The van der Waals surface area contributed by atoms with E-state index in [0.29, 0.717) is 0 Å². The standard InChI is InChI=1S/C17H19NO/c1-14(18-12-5-13-19)15-8-10-17(11-9-15)16-6-3-2-4-7-16/h2-4,6-11,18-19H,1,5,12-13H2. The van der Waals surface area contributed by atoms with Crippen LogP contribution in [0.25, 0.3) is 16.8 Å². The van der Waals surface area contributed by atoms with Crippen LogP contribution >= 0.6 is 0 Å². The van der Waals surface area contributed by atoms with E-state index in [4.69, 9.17) is 5.11 Å². The first-order valence-corrected chi connectivity index (χ1v) is 6.51. The third-order valence-corrected chi connectivity index (χ3v) is 3.01. The largest absolute Gasteiger partial charge is 0.396 e. The van der Waals surface area contributed by atoms with Crippen LogP contribution in [0.2, 0.25) is 0 Å². The van der Waals surface area contributed by atoms with Gasteiger partial charge in [-0.3, -0.25) is 0 Å². The van der Waals surface area contributed by atoms with Crippen LogP contribution in [0.15, 0.2) is 61.2 Å². The van der Waals surface area contributed by atoms with E-state index in [0.717, 1.165) is 24.2 Å². The molecule has 0 radical (unpaired) electrons. The SMILES string of the molecule is C=C(NCCCO)c1ccc(-c2ccccc2)cc1. The minimum absolute atomic E-state index is 0.202. The van der Waals surface area contributed by atoms with Crippen LogP contribution in [0, 0.1) is 0 Å². The van der Waals surface area contributed by atoms with Gasteiger partial charge in [-0.15, -0.1) is 0 Å². The first-order valence-electron chi connectivity index (χ1n) is 6.51. The van der Waals surface area contributed by atoms with Crippen LogP contribution in [-0.2, 0) is 0 Å². The van der Waals surface area contributed by atoms with Crippen molar-refractivity contribution in [3.8, 4) is 11.1 Å². The minimum atomic E-state index is 0.202. The van der Waals surface area contributed by atoms with Crippen molar-refractivity contribution in [2.45, 2.75) is 6.42 Å². The summed E-state index contributed by atoms with van der Waals surface area (Å²) in [5.74, 6) is 0. The monoisotopic (exact) mass is 253 g/mol. The third-order valence-electron chi connectivity index (χ3n) is 3.01. The fourth-order valence-electron chi connectivity index (χ4n) is 1.91. The van der Waals surface area contributed by atoms with Crippen molar-refractivity contribution in [2.75, 3.05) is 13.2 Å². The van der Waals surface area contributed by atoms with Gasteiger partial charge in [0.1, 0.15) is 0 Å². The second-order valence-electron chi connectivity index (χ2n) is 4.43. The molecular formula is C17H19NO. The number of benzene rings is 2. The molecule has 2 N–H and O–H groups in total. The van der Waals surface area contributed by atoms with Gasteiger partial charge in [-0.25, -0.2) is 0 Å². The zero-order valence-electron chi connectivity index (χ0n) is 11.0. The molecule has 0 spiro atoms. The van der Waals surface area contributed by atoms with Crippen LogP contribution in [0.1, 0.15) is 12.0 Å². The molecule has 0 unspecified atom stereocenters. The minimum Gasteiger partial charge on any atom is -0.396 e. The smallest absolute Gasteiger partial charge is 0.0447 e. The maximum absolute atomic E-state index is 8.74. The quantitative estimate of drug-likeness (QED) is 0.774.